The van der Waals surface area contributed by atoms with Crippen LogP contribution in [0.2, 0.25) is 0 Å². The van der Waals surface area contributed by atoms with Crippen LogP contribution in [0.1, 0.15) is 32.4 Å². The first-order chi connectivity index (χ1) is 8.61. The van der Waals surface area contributed by atoms with E-state index in [0.29, 0.717) is 11.3 Å². The van der Waals surface area contributed by atoms with E-state index in [9.17, 15) is 17.6 Å². The molecule has 1 atom stereocenters. The highest BCUT2D eigenvalue weighted by molar-refractivity contribution is 5.56. The highest BCUT2D eigenvalue weighted by atomic mass is 19.4. The summed E-state index contributed by atoms with van der Waals surface area (Å²) in [4.78, 5) is 1.18. The zero-order valence-electron chi connectivity index (χ0n) is 11.1. The molecule has 2 nitrogen and oxygen atoms in total. The topological polar surface area (TPSA) is 29.3 Å². The molecule has 0 spiro atoms. The maximum atomic E-state index is 13.2. The van der Waals surface area contributed by atoms with Crippen LogP contribution < -0.4 is 10.6 Å². The summed E-state index contributed by atoms with van der Waals surface area (Å²) in [7, 11) is 0. The van der Waals surface area contributed by atoms with Gasteiger partial charge in [0.25, 0.3) is 0 Å². The van der Waals surface area contributed by atoms with E-state index in [0.717, 1.165) is 6.07 Å². The van der Waals surface area contributed by atoms with Gasteiger partial charge in [-0.3, -0.25) is 0 Å². The Morgan fingerprint density at radius 3 is 2.21 bits per heavy atom. The van der Waals surface area contributed by atoms with E-state index in [-0.39, 0.29) is 6.04 Å². The minimum absolute atomic E-state index is 0.323. The predicted molar refractivity (Wildman–Crippen MR) is 67.5 cm³/mol. The molecule has 1 aromatic rings. The largest absolute Gasteiger partial charge is 0.405 e. The van der Waals surface area contributed by atoms with Gasteiger partial charge in [-0.2, -0.15) is 13.2 Å². The lowest BCUT2D eigenvalue weighted by Gasteiger charge is -2.32. The van der Waals surface area contributed by atoms with Crippen molar-refractivity contribution in [1.29, 1.82) is 0 Å². The average molecular weight is 278 g/mol. The maximum Gasteiger partial charge on any atom is 0.405 e. The number of alkyl halides is 3. The van der Waals surface area contributed by atoms with Crippen LogP contribution in [0.15, 0.2) is 18.2 Å². The number of nitrogens with zero attached hydrogens (tertiary/aromatic N) is 1. The van der Waals surface area contributed by atoms with Gasteiger partial charge in [0, 0.05) is 17.8 Å². The van der Waals surface area contributed by atoms with Gasteiger partial charge in [-0.05, 0) is 44.5 Å². The van der Waals surface area contributed by atoms with Gasteiger partial charge in [0.1, 0.15) is 12.4 Å². The summed E-state index contributed by atoms with van der Waals surface area (Å²) in [6.45, 7) is 3.83. The summed E-state index contributed by atoms with van der Waals surface area (Å²) < 4.78 is 51.1. The Morgan fingerprint density at radius 2 is 1.79 bits per heavy atom. The van der Waals surface area contributed by atoms with Gasteiger partial charge in [0.05, 0.1) is 0 Å². The molecular weight excluding hydrogens is 260 g/mol. The molecule has 0 radical (unpaired) electrons. The molecule has 1 unspecified atom stereocenters. The van der Waals surface area contributed by atoms with Crippen LogP contribution in [0.5, 0.6) is 0 Å². The molecule has 1 aromatic carbocycles. The zero-order valence-corrected chi connectivity index (χ0v) is 11.1. The summed E-state index contributed by atoms with van der Waals surface area (Å²) in [5.41, 5.74) is 6.41. The smallest absolute Gasteiger partial charge is 0.360 e. The average Bonchev–Trinajstić information content (AvgIpc) is 2.24. The second-order valence-electron chi connectivity index (χ2n) is 4.83. The van der Waals surface area contributed by atoms with Gasteiger partial charge < -0.3 is 10.6 Å². The maximum absolute atomic E-state index is 13.2. The second-order valence-corrected chi connectivity index (χ2v) is 4.83. The number of anilines is 1. The van der Waals surface area contributed by atoms with Gasteiger partial charge in [-0.15, -0.1) is 0 Å². The molecule has 0 aliphatic rings. The van der Waals surface area contributed by atoms with Crippen molar-refractivity contribution in [3.8, 4) is 0 Å². The molecule has 0 heterocycles. The summed E-state index contributed by atoms with van der Waals surface area (Å²) >= 11 is 0. The molecule has 0 bridgehead atoms. The SMILES string of the molecule is CC(N)c1cc(F)ccc1N(CC(F)(F)F)C(C)C. The fraction of sp³-hybridized carbons (Fsp3) is 0.538. The molecule has 108 valence electrons. The van der Waals surface area contributed by atoms with Crippen LogP contribution in [0.4, 0.5) is 23.2 Å². The summed E-state index contributed by atoms with van der Waals surface area (Å²) in [5.74, 6) is -0.508. The number of hydrogen-bond acceptors (Lipinski definition) is 2. The van der Waals surface area contributed by atoms with Crippen molar-refractivity contribution >= 4 is 5.69 Å². The number of nitrogens with two attached hydrogens (primary N) is 1. The van der Waals surface area contributed by atoms with E-state index < -0.39 is 24.6 Å². The first-order valence-corrected chi connectivity index (χ1v) is 6.00. The van der Waals surface area contributed by atoms with E-state index in [1.54, 1.807) is 20.8 Å². The Kier molecular flexibility index (Phi) is 4.79. The fourth-order valence-electron chi connectivity index (χ4n) is 1.89. The van der Waals surface area contributed by atoms with Gasteiger partial charge in [0.15, 0.2) is 0 Å². The van der Waals surface area contributed by atoms with E-state index in [1.807, 2.05) is 0 Å². The Labute approximate surface area is 110 Å². The lowest BCUT2D eigenvalue weighted by molar-refractivity contribution is -0.120. The van der Waals surface area contributed by atoms with Crippen LogP contribution in [-0.4, -0.2) is 18.8 Å². The van der Waals surface area contributed by atoms with Crippen LogP contribution in [-0.2, 0) is 0 Å². The molecule has 0 fully saturated rings. The molecule has 0 aliphatic heterocycles. The fourth-order valence-corrected chi connectivity index (χ4v) is 1.89. The Morgan fingerprint density at radius 1 is 1.21 bits per heavy atom. The van der Waals surface area contributed by atoms with Gasteiger partial charge >= 0.3 is 6.18 Å². The van der Waals surface area contributed by atoms with E-state index in [4.69, 9.17) is 5.73 Å². The van der Waals surface area contributed by atoms with Crippen molar-refractivity contribution in [2.24, 2.45) is 5.73 Å². The molecular formula is C13H18F4N2. The van der Waals surface area contributed by atoms with Crippen LogP contribution in [0.25, 0.3) is 0 Å². The minimum atomic E-state index is -4.33. The second kappa shape index (κ2) is 5.77. The predicted octanol–water partition coefficient (Wildman–Crippen LogP) is 3.62. The monoisotopic (exact) mass is 278 g/mol. The summed E-state index contributed by atoms with van der Waals surface area (Å²) in [6, 6.07) is 2.77. The van der Waals surface area contributed by atoms with Crippen molar-refractivity contribution in [3.63, 3.8) is 0 Å². The highest BCUT2D eigenvalue weighted by Gasteiger charge is 2.33. The first kappa shape index (κ1) is 15.8. The lowest BCUT2D eigenvalue weighted by Crippen LogP contribution is -2.40. The Bertz CT molecular complexity index is 427. The minimum Gasteiger partial charge on any atom is -0.360 e. The standard InChI is InChI=1S/C13H18F4N2/c1-8(2)19(7-13(15,16)17)12-5-4-10(14)6-11(12)9(3)18/h4-6,8-9H,7,18H2,1-3H3. The lowest BCUT2D eigenvalue weighted by atomic mass is 10.0. The highest BCUT2D eigenvalue weighted by Crippen LogP contribution is 2.30. The van der Waals surface area contributed by atoms with Gasteiger partial charge in [-0.1, -0.05) is 0 Å². The van der Waals surface area contributed by atoms with Crippen LogP contribution in [0, 0.1) is 5.82 Å². The van der Waals surface area contributed by atoms with E-state index in [1.165, 1.54) is 17.0 Å². The third-order valence-electron chi connectivity index (χ3n) is 2.76. The van der Waals surface area contributed by atoms with Crippen molar-refractivity contribution in [2.75, 3.05) is 11.4 Å². The Balaban J connectivity index is 3.23. The number of rotatable bonds is 4. The first-order valence-electron chi connectivity index (χ1n) is 6.00. The summed E-state index contributed by atoms with van der Waals surface area (Å²) in [6.07, 6.45) is -4.33. The molecule has 0 amide bonds. The molecule has 19 heavy (non-hydrogen) atoms. The van der Waals surface area contributed by atoms with Crippen molar-refractivity contribution in [2.45, 2.75) is 39.0 Å². The number of benzene rings is 1. The van der Waals surface area contributed by atoms with Crippen molar-refractivity contribution < 1.29 is 17.6 Å². The van der Waals surface area contributed by atoms with E-state index >= 15 is 0 Å². The van der Waals surface area contributed by atoms with Crippen LogP contribution >= 0.6 is 0 Å². The van der Waals surface area contributed by atoms with Crippen molar-refractivity contribution in [3.05, 3.63) is 29.6 Å². The molecule has 6 heteroatoms. The molecule has 0 aromatic heterocycles. The Hall–Kier alpha value is -1.30. The number of hydrogen-bond donors (Lipinski definition) is 1. The summed E-state index contributed by atoms with van der Waals surface area (Å²) in [5, 5.41) is 0. The van der Waals surface area contributed by atoms with Crippen LogP contribution in [0.3, 0.4) is 0 Å². The van der Waals surface area contributed by atoms with Crippen molar-refractivity contribution in [1.82, 2.24) is 0 Å². The molecule has 0 saturated carbocycles. The van der Waals surface area contributed by atoms with Gasteiger partial charge in [-0.25, -0.2) is 4.39 Å². The molecule has 0 saturated heterocycles. The third-order valence-corrected chi connectivity index (χ3v) is 2.76. The quantitative estimate of drug-likeness (QED) is 0.852. The van der Waals surface area contributed by atoms with Gasteiger partial charge in [0.2, 0.25) is 0 Å². The third kappa shape index (κ3) is 4.38. The molecule has 2 N–H and O–H groups in total. The number of halogens is 4. The normalized spacial score (nSPS) is 13.7. The zero-order chi connectivity index (χ0) is 14.8. The van der Waals surface area contributed by atoms with E-state index in [2.05, 4.69) is 0 Å². The molecule has 0 aliphatic carbocycles. The molecule has 1 rings (SSSR count).